The first-order valence-electron chi connectivity index (χ1n) is 6.42. The van der Waals surface area contributed by atoms with Crippen molar-refractivity contribution < 1.29 is 9.21 Å². The molecule has 0 spiro atoms. The Morgan fingerprint density at radius 2 is 2.11 bits per heavy atom. The molecule has 0 saturated carbocycles. The molecule has 0 aliphatic rings. The summed E-state index contributed by atoms with van der Waals surface area (Å²) < 4.78 is 5.54. The predicted molar refractivity (Wildman–Crippen MR) is 72.9 cm³/mol. The number of hydrogen-bond acceptors (Lipinski definition) is 3. The summed E-state index contributed by atoms with van der Waals surface area (Å²) >= 11 is 0. The largest absolute Gasteiger partial charge is 0.453 e. The molecular formula is C15H19NO2. The lowest BCUT2D eigenvalue weighted by Crippen LogP contribution is -2.24. The normalized spacial score (nSPS) is 11.3. The number of fused-ring (bicyclic) bond motifs is 1. The Labute approximate surface area is 107 Å². The molecule has 0 unspecified atom stereocenters. The van der Waals surface area contributed by atoms with E-state index in [2.05, 4.69) is 19.2 Å². The Balaban J connectivity index is 1.92. The molecule has 3 heteroatoms. The monoisotopic (exact) mass is 245 g/mol. The van der Waals surface area contributed by atoms with Gasteiger partial charge in [0.2, 0.25) is 0 Å². The van der Waals surface area contributed by atoms with Gasteiger partial charge >= 0.3 is 0 Å². The van der Waals surface area contributed by atoms with Crippen LogP contribution >= 0.6 is 0 Å². The number of nitrogens with one attached hydrogen (secondary N) is 1. The molecule has 2 rings (SSSR count). The molecular weight excluding hydrogens is 226 g/mol. The minimum absolute atomic E-state index is 0.0803. The molecule has 96 valence electrons. The van der Waals surface area contributed by atoms with Gasteiger partial charge in [-0.1, -0.05) is 32.0 Å². The Kier molecular flexibility index (Phi) is 4.15. The Morgan fingerprint density at radius 3 is 2.83 bits per heavy atom. The third-order valence-electron chi connectivity index (χ3n) is 2.83. The standard InChI is InChI=1S/C15H19NO2/c1-11(2)16-9-5-7-13(17)15-10-12-6-3-4-8-14(12)18-15/h3-4,6,8,10-11,16H,5,7,9H2,1-2H3. The summed E-state index contributed by atoms with van der Waals surface area (Å²) in [4.78, 5) is 11.9. The van der Waals surface area contributed by atoms with Gasteiger partial charge in [-0.05, 0) is 25.1 Å². The van der Waals surface area contributed by atoms with Crippen molar-refractivity contribution in [3.8, 4) is 0 Å². The van der Waals surface area contributed by atoms with Gasteiger partial charge in [-0.3, -0.25) is 4.79 Å². The molecule has 1 aromatic heterocycles. The summed E-state index contributed by atoms with van der Waals surface area (Å²) in [6, 6.07) is 9.98. The average molecular weight is 245 g/mol. The van der Waals surface area contributed by atoms with Crippen molar-refractivity contribution in [1.82, 2.24) is 5.32 Å². The molecule has 0 atom stereocenters. The van der Waals surface area contributed by atoms with E-state index >= 15 is 0 Å². The second-order valence-electron chi connectivity index (χ2n) is 4.78. The number of furan rings is 1. The van der Waals surface area contributed by atoms with E-state index in [-0.39, 0.29) is 5.78 Å². The maximum absolute atomic E-state index is 11.9. The van der Waals surface area contributed by atoms with Crippen molar-refractivity contribution >= 4 is 16.8 Å². The fourth-order valence-corrected chi connectivity index (χ4v) is 1.88. The Bertz CT molecular complexity index is 495. The fraction of sp³-hybridized carbons (Fsp3) is 0.400. The fourth-order valence-electron chi connectivity index (χ4n) is 1.88. The maximum Gasteiger partial charge on any atom is 0.198 e. The summed E-state index contributed by atoms with van der Waals surface area (Å²) in [6.07, 6.45) is 1.37. The highest BCUT2D eigenvalue weighted by Gasteiger charge is 2.11. The van der Waals surface area contributed by atoms with Crippen LogP contribution in [0.15, 0.2) is 34.7 Å². The van der Waals surface area contributed by atoms with Gasteiger partial charge in [0, 0.05) is 17.8 Å². The van der Waals surface area contributed by atoms with E-state index in [1.165, 1.54) is 0 Å². The molecule has 0 saturated heterocycles. The molecule has 0 amide bonds. The lowest BCUT2D eigenvalue weighted by atomic mass is 10.1. The van der Waals surface area contributed by atoms with E-state index in [1.54, 1.807) is 0 Å². The SMILES string of the molecule is CC(C)NCCCC(=O)c1cc2ccccc2o1. The van der Waals surface area contributed by atoms with E-state index in [1.807, 2.05) is 30.3 Å². The first kappa shape index (κ1) is 12.8. The molecule has 0 aliphatic heterocycles. The van der Waals surface area contributed by atoms with Crippen LogP contribution in [-0.4, -0.2) is 18.4 Å². The molecule has 3 nitrogen and oxygen atoms in total. The number of carbonyl (C=O) groups is 1. The lowest BCUT2D eigenvalue weighted by molar-refractivity contribution is 0.0955. The third-order valence-corrected chi connectivity index (χ3v) is 2.83. The number of rotatable bonds is 6. The first-order chi connectivity index (χ1) is 8.66. The van der Waals surface area contributed by atoms with Gasteiger partial charge in [-0.15, -0.1) is 0 Å². The Hall–Kier alpha value is -1.61. The third kappa shape index (κ3) is 3.20. The minimum atomic E-state index is 0.0803. The average Bonchev–Trinajstić information content (AvgIpc) is 2.78. The van der Waals surface area contributed by atoms with Crippen LogP contribution in [0.3, 0.4) is 0 Å². The van der Waals surface area contributed by atoms with Crippen molar-refractivity contribution in [1.29, 1.82) is 0 Å². The van der Waals surface area contributed by atoms with Crippen LogP contribution in [0.25, 0.3) is 11.0 Å². The highest BCUT2D eigenvalue weighted by molar-refractivity contribution is 5.97. The van der Waals surface area contributed by atoms with Crippen LogP contribution in [0.1, 0.15) is 37.2 Å². The first-order valence-corrected chi connectivity index (χ1v) is 6.42. The lowest BCUT2D eigenvalue weighted by Gasteiger charge is -2.06. The van der Waals surface area contributed by atoms with Gasteiger partial charge in [-0.25, -0.2) is 0 Å². The zero-order valence-corrected chi connectivity index (χ0v) is 10.9. The van der Waals surface area contributed by atoms with E-state index in [0.717, 1.165) is 23.9 Å². The van der Waals surface area contributed by atoms with E-state index in [0.29, 0.717) is 18.2 Å². The van der Waals surface area contributed by atoms with Crippen LogP contribution in [-0.2, 0) is 0 Å². The summed E-state index contributed by atoms with van der Waals surface area (Å²) in [6.45, 7) is 5.06. The molecule has 1 aromatic carbocycles. The number of ketones is 1. The van der Waals surface area contributed by atoms with Gasteiger partial charge < -0.3 is 9.73 Å². The van der Waals surface area contributed by atoms with Gasteiger partial charge in [0.05, 0.1) is 0 Å². The molecule has 1 N–H and O–H groups in total. The van der Waals surface area contributed by atoms with Crippen molar-refractivity contribution in [3.63, 3.8) is 0 Å². The highest BCUT2D eigenvalue weighted by Crippen LogP contribution is 2.20. The molecule has 0 bridgehead atoms. The molecule has 0 radical (unpaired) electrons. The van der Waals surface area contributed by atoms with Gasteiger partial charge in [0.25, 0.3) is 0 Å². The van der Waals surface area contributed by atoms with Crippen LogP contribution < -0.4 is 5.32 Å². The minimum Gasteiger partial charge on any atom is -0.453 e. The second-order valence-corrected chi connectivity index (χ2v) is 4.78. The summed E-state index contributed by atoms with van der Waals surface area (Å²) in [7, 11) is 0. The zero-order chi connectivity index (χ0) is 13.0. The maximum atomic E-state index is 11.9. The van der Waals surface area contributed by atoms with E-state index in [9.17, 15) is 4.79 Å². The molecule has 0 fully saturated rings. The quantitative estimate of drug-likeness (QED) is 0.626. The van der Waals surface area contributed by atoms with Gasteiger partial charge in [-0.2, -0.15) is 0 Å². The van der Waals surface area contributed by atoms with Gasteiger partial charge in [0.1, 0.15) is 5.58 Å². The predicted octanol–water partition coefficient (Wildman–Crippen LogP) is 3.39. The summed E-state index contributed by atoms with van der Waals surface area (Å²) in [5.74, 6) is 0.553. The molecule has 1 heterocycles. The number of Topliss-reactive ketones (excluding diaryl/α,β-unsaturated/α-hetero) is 1. The van der Waals surface area contributed by atoms with Crippen molar-refractivity contribution in [2.75, 3.05) is 6.54 Å². The second kappa shape index (κ2) is 5.83. The van der Waals surface area contributed by atoms with Crippen LogP contribution in [0, 0.1) is 0 Å². The number of carbonyl (C=O) groups excluding carboxylic acids is 1. The van der Waals surface area contributed by atoms with Crippen LogP contribution in [0.5, 0.6) is 0 Å². The van der Waals surface area contributed by atoms with Crippen molar-refractivity contribution in [2.24, 2.45) is 0 Å². The number of benzene rings is 1. The topological polar surface area (TPSA) is 42.2 Å². The van der Waals surface area contributed by atoms with Crippen molar-refractivity contribution in [2.45, 2.75) is 32.7 Å². The number of para-hydroxylation sites is 1. The highest BCUT2D eigenvalue weighted by atomic mass is 16.3. The summed E-state index contributed by atoms with van der Waals surface area (Å²) in [5, 5.41) is 4.28. The van der Waals surface area contributed by atoms with Crippen LogP contribution in [0.4, 0.5) is 0 Å². The van der Waals surface area contributed by atoms with Gasteiger partial charge in [0.15, 0.2) is 11.5 Å². The Morgan fingerprint density at radius 1 is 1.33 bits per heavy atom. The zero-order valence-electron chi connectivity index (χ0n) is 10.9. The smallest absolute Gasteiger partial charge is 0.198 e. The van der Waals surface area contributed by atoms with Crippen LogP contribution in [0.2, 0.25) is 0 Å². The van der Waals surface area contributed by atoms with E-state index < -0.39 is 0 Å². The summed E-state index contributed by atoms with van der Waals surface area (Å²) in [5.41, 5.74) is 0.779. The number of hydrogen-bond donors (Lipinski definition) is 1. The van der Waals surface area contributed by atoms with E-state index in [4.69, 9.17) is 4.42 Å². The molecule has 0 aliphatic carbocycles. The molecule has 18 heavy (non-hydrogen) atoms. The molecule has 2 aromatic rings. The van der Waals surface area contributed by atoms with Crippen molar-refractivity contribution in [3.05, 3.63) is 36.1 Å².